The molecule has 0 fully saturated rings. The fourth-order valence-electron chi connectivity index (χ4n) is 2.98. The maximum atomic E-state index is 5.64. The summed E-state index contributed by atoms with van der Waals surface area (Å²) in [6.45, 7) is 4.38. The smallest absolute Gasteiger partial charge is 0.104 e. The molecule has 0 aromatic carbocycles. The van der Waals surface area contributed by atoms with E-state index in [2.05, 4.69) is 6.92 Å². The first-order valence-corrected chi connectivity index (χ1v) is 10.4. The van der Waals surface area contributed by atoms with Crippen LogP contribution in [0.1, 0.15) is 96.8 Å². The summed E-state index contributed by atoms with van der Waals surface area (Å²) in [6.07, 6.45) is 19.6. The van der Waals surface area contributed by atoms with Gasteiger partial charge in [0.1, 0.15) is 6.10 Å². The van der Waals surface area contributed by atoms with Crippen LogP contribution in [0.25, 0.3) is 0 Å². The average molecular weight is 345 g/mol. The zero-order valence-corrected chi connectivity index (χ0v) is 16.8. The van der Waals surface area contributed by atoms with Crippen molar-refractivity contribution in [1.82, 2.24) is 0 Å². The van der Waals surface area contributed by atoms with Gasteiger partial charge in [-0.25, -0.2) is 0 Å². The van der Waals surface area contributed by atoms with Crippen LogP contribution in [0.15, 0.2) is 0 Å². The zero-order chi connectivity index (χ0) is 17.7. The van der Waals surface area contributed by atoms with Gasteiger partial charge in [0.05, 0.1) is 13.2 Å². The molecule has 0 aliphatic heterocycles. The molecule has 146 valence electrons. The van der Waals surface area contributed by atoms with Crippen molar-refractivity contribution in [1.29, 1.82) is 0 Å². The van der Waals surface area contributed by atoms with Crippen molar-refractivity contribution < 1.29 is 14.2 Å². The molecule has 0 rings (SSSR count). The molecular weight excluding hydrogens is 300 g/mol. The van der Waals surface area contributed by atoms with E-state index in [0.717, 1.165) is 6.61 Å². The minimum atomic E-state index is 0.0710. The fraction of sp³-hybridized carbons (Fsp3) is 1.00. The number of hydrogen-bond donors (Lipinski definition) is 0. The number of rotatable bonds is 20. The lowest BCUT2D eigenvalue weighted by Gasteiger charge is -2.14. The van der Waals surface area contributed by atoms with Crippen LogP contribution in [0.3, 0.4) is 0 Å². The molecule has 1 unspecified atom stereocenters. The third-order valence-corrected chi connectivity index (χ3v) is 4.63. The molecule has 0 aliphatic carbocycles. The van der Waals surface area contributed by atoms with Crippen molar-refractivity contribution in [2.45, 2.75) is 103 Å². The molecule has 1 atom stereocenters. The molecule has 0 heterocycles. The lowest BCUT2D eigenvalue weighted by atomic mass is 10.0. The van der Waals surface area contributed by atoms with E-state index in [1.54, 1.807) is 14.2 Å². The van der Waals surface area contributed by atoms with Crippen LogP contribution in [0.2, 0.25) is 0 Å². The van der Waals surface area contributed by atoms with Gasteiger partial charge in [-0.1, -0.05) is 90.4 Å². The Morgan fingerprint density at radius 2 is 1.04 bits per heavy atom. The van der Waals surface area contributed by atoms with Gasteiger partial charge in [0, 0.05) is 20.8 Å². The van der Waals surface area contributed by atoms with Gasteiger partial charge in [-0.05, 0) is 6.42 Å². The molecule has 0 radical (unpaired) electrons. The molecule has 0 saturated carbocycles. The predicted octanol–water partition coefficient (Wildman–Crippen LogP) is 6.15. The van der Waals surface area contributed by atoms with Gasteiger partial charge >= 0.3 is 0 Å². The van der Waals surface area contributed by atoms with E-state index < -0.39 is 0 Å². The van der Waals surface area contributed by atoms with Gasteiger partial charge < -0.3 is 14.2 Å². The molecule has 0 bridgehead atoms. The third kappa shape index (κ3) is 18.2. The normalized spacial score (nSPS) is 12.6. The van der Waals surface area contributed by atoms with Crippen LogP contribution in [0, 0.1) is 0 Å². The van der Waals surface area contributed by atoms with Crippen molar-refractivity contribution in [2.75, 3.05) is 34.0 Å². The minimum Gasteiger partial charge on any atom is -0.382 e. The molecule has 0 aliphatic rings. The number of ether oxygens (including phenoxy) is 3. The maximum absolute atomic E-state index is 5.64. The summed E-state index contributed by atoms with van der Waals surface area (Å²) >= 11 is 0. The van der Waals surface area contributed by atoms with Crippen LogP contribution in [-0.2, 0) is 14.2 Å². The summed E-state index contributed by atoms with van der Waals surface area (Å²) in [4.78, 5) is 0. The van der Waals surface area contributed by atoms with Gasteiger partial charge in [-0.3, -0.25) is 0 Å². The molecule has 0 aromatic heterocycles. The number of methoxy groups -OCH3 is 2. The second-order valence-electron chi connectivity index (χ2n) is 6.98. The Labute approximate surface area is 151 Å². The first kappa shape index (κ1) is 23.9. The molecule has 0 spiro atoms. The van der Waals surface area contributed by atoms with Crippen molar-refractivity contribution >= 4 is 0 Å². The molecule has 3 nitrogen and oxygen atoms in total. The van der Waals surface area contributed by atoms with E-state index in [1.165, 1.54) is 89.9 Å². The molecule has 0 amide bonds. The zero-order valence-electron chi connectivity index (χ0n) is 16.8. The second kappa shape index (κ2) is 20.9. The monoisotopic (exact) mass is 344 g/mol. The standard InChI is InChI=1S/C21H44O3/c1-4-5-6-7-8-9-10-11-12-13-14-15-16-17-18-24-20-21(23-3)19-22-2/h21H,4-20H2,1-3H3. The Morgan fingerprint density at radius 1 is 0.583 bits per heavy atom. The van der Waals surface area contributed by atoms with E-state index in [0.29, 0.717) is 13.2 Å². The molecule has 0 N–H and O–H groups in total. The quantitative estimate of drug-likeness (QED) is 0.248. The summed E-state index contributed by atoms with van der Waals surface area (Å²) in [6, 6.07) is 0. The van der Waals surface area contributed by atoms with Crippen LogP contribution in [-0.4, -0.2) is 40.1 Å². The van der Waals surface area contributed by atoms with Crippen molar-refractivity contribution in [2.24, 2.45) is 0 Å². The van der Waals surface area contributed by atoms with Gasteiger partial charge in [0.25, 0.3) is 0 Å². The lowest BCUT2D eigenvalue weighted by molar-refractivity contribution is -0.0308. The maximum Gasteiger partial charge on any atom is 0.104 e. The largest absolute Gasteiger partial charge is 0.382 e. The van der Waals surface area contributed by atoms with Crippen LogP contribution in [0.5, 0.6) is 0 Å². The first-order valence-electron chi connectivity index (χ1n) is 10.4. The summed E-state index contributed by atoms with van der Waals surface area (Å²) in [5.74, 6) is 0. The second-order valence-corrected chi connectivity index (χ2v) is 6.98. The summed E-state index contributed by atoms with van der Waals surface area (Å²) < 4.78 is 16.0. The Morgan fingerprint density at radius 3 is 1.46 bits per heavy atom. The fourth-order valence-corrected chi connectivity index (χ4v) is 2.98. The van der Waals surface area contributed by atoms with Gasteiger partial charge in [-0.2, -0.15) is 0 Å². The Balaban J connectivity index is 3.07. The van der Waals surface area contributed by atoms with Gasteiger partial charge in [0.15, 0.2) is 0 Å². The third-order valence-electron chi connectivity index (χ3n) is 4.63. The number of hydrogen-bond acceptors (Lipinski definition) is 3. The summed E-state index contributed by atoms with van der Waals surface area (Å²) in [7, 11) is 3.40. The van der Waals surface area contributed by atoms with Crippen molar-refractivity contribution in [3.63, 3.8) is 0 Å². The minimum absolute atomic E-state index is 0.0710. The molecule has 24 heavy (non-hydrogen) atoms. The molecular formula is C21H44O3. The van der Waals surface area contributed by atoms with E-state index >= 15 is 0 Å². The lowest BCUT2D eigenvalue weighted by Crippen LogP contribution is -2.23. The SMILES string of the molecule is CCCCCCCCCCCCCCCCOCC(COC)OC. The number of unbranched alkanes of at least 4 members (excludes halogenated alkanes) is 13. The van der Waals surface area contributed by atoms with Crippen LogP contribution >= 0.6 is 0 Å². The Bertz CT molecular complexity index is 221. The van der Waals surface area contributed by atoms with E-state index in [1.807, 2.05) is 0 Å². The van der Waals surface area contributed by atoms with E-state index in [-0.39, 0.29) is 6.10 Å². The van der Waals surface area contributed by atoms with Crippen molar-refractivity contribution in [3.05, 3.63) is 0 Å². The van der Waals surface area contributed by atoms with E-state index in [9.17, 15) is 0 Å². The van der Waals surface area contributed by atoms with Gasteiger partial charge in [-0.15, -0.1) is 0 Å². The highest BCUT2D eigenvalue weighted by atomic mass is 16.5. The van der Waals surface area contributed by atoms with E-state index in [4.69, 9.17) is 14.2 Å². The highest BCUT2D eigenvalue weighted by molar-refractivity contribution is 4.54. The topological polar surface area (TPSA) is 27.7 Å². The van der Waals surface area contributed by atoms with Gasteiger partial charge in [0.2, 0.25) is 0 Å². The predicted molar refractivity (Wildman–Crippen MR) is 104 cm³/mol. The van der Waals surface area contributed by atoms with Crippen molar-refractivity contribution in [3.8, 4) is 0 Å². The summed E-state index contributed by atoms with van der Waals surface area (Å²) in [5, 5.41) is 0. The average Bonchev–Trinajstić information content (AvgIpc) is 2.60. The summed E-state index contributed by atoms with van der Waals surface area (Å²) in [5.41, 5.74) is 0. The highest BCUT2D eigenvalue weighted by Crippen LogP contribution is 2.12. The Hall–Kier alpha value is -0.120. The first-order chi connectivity index (χ1) is 11.8. The molecule has 0 aromatic rings. The molecule has 0 saturated heterocycles. The van der Waals surface area contributed by atoms with Crippen LogP contribution in [0.4, 0.5) is 0 Å². The molecule has 3 heteroatoms. The van der Waals surface area contributed by atoms with Crippen LogP contribution < -0.4 is 0 Å². The highest BCUT2D eigenvalue weighted by Gasteiger charge is 2.05. The Kier molecular flexibility index (Phi) is 20.8.